The fourth-order valence-corrected chi connectivity index (χ4v) is 2.21. The highest BCUT2D eigenvalue weighted by atomic mass is 79.9. The van der Waals surface area contributed by atoms with Gasteiger partial charge >= 0.3 is 0 Å². The Morgan fingerprint density at radius 2 is 1.95 bits per heavy atom. The molecule has 0 heterocycles. The second-order valence-corrected chi connectivity index (χ2v) is 5.29. The van der Waals surface area contributed by atoms with Gasteiger partial charge in [-0.1, -0.05) is 40.2 Å². The number of carbonyl (C=O) groups is 1. The molecule has 0 aromatic heterocycles. The zero-order valence-electron chi connectivity index (χ0n) is 10.9. The van der Waals surface area contributed by atoms with Gasteiger partial charge in [0.2, 0.25) is 0 Å². The summed E-state index contributed by atoms with van der Waals surface area (Å²) in [6, 6.07) is 13.5. The molecule has 0 fully saturated rings. The molecular weight excluding hydrogens is 304 g/mol. The van der Waals surface area contributed by atoms with E-state index in [1.54, 1.807) is 6.92 Å². The van der Waals surface area contributed by atoms with E-state index in [0.29, 0.717) is 17.9 Å². The SMILES string of the molecule is CC(=O)c1ccc(C)cc1OCc1ccccc1Br. The molecular formula is C16H15BrO2. The highest BCUT2D eigenvalue weighted by molar-refractivity contribution is 9.10. The molecule has 0 aliphatic heterocycles. The standard InChI is InChI=1S/C16H15BrO2/c1-11-7-8-14(12(2)18)16(9-11)19-10-13-5-3-4-6-15(13)17/h3-9H,10H2,1-2H3. The third-order valence-corrected chi connectivity index (χ3v) is 3.63. The van der Waals surface area contributed by atoms with E-state index in [2.05, 4.69) is 15.9 Å². The third-order valence-electron chi connectivity index (χ3n) is 2.86. The molecule has 0 amide bonds. The van der Waals surface area contributed by atoms with Gasteiger partial charge in [-0.3, -0.25) is 4.79 Å². The van der Waals surface area contributed by atoms with Crippen LogP contribution in [0.25, 0.3) is 0 Å². The van der Waals surface area contributed by atoms with E-state index >= 15 is 0 Å². The second kappa shape index (κ2) is 6.02. The lowest BCUT2D eigenvalue weighted by atomic mass is 10.1. The van der Waals surface area contributed by atoms with Gasteiger partial charge in [0.25, 0.3) is 0 Å². The first kappa shape index (κ1) is 13.8. The van der Waals surface area contributed by atoms with E-state index in [1.165, 1.54) is 0 Å². The molecule has 3 heteroatoms. The normalized spacial score (nSPS) is 10.3. The molecule has 0 aliphatic carbocycles. The molecule has 0 N–H and O–H groups in total. The predicted octanol–water partition coefficient (Wildman–Crippen LogP) is 4.54. The molecule has 2 nitrogen and oxygen atoms in total. The van der Waals surface area contributed by atoms with Crippen LogP contribution in [0.2, 0.25) is 0 Å². The number of rotatable bonds is 4. The van der Waals surface area contributed by atoms with Crippen LogP contribution in [-0.4, -0.2) is 5.78 Å². The quantitative estimate of drug-likeness (QED) is 0.774. The highest BCUT2D eigenvalue weighted by Crippen LogP contribution is 2.24. The number of hydrogen-bond acceptors (Lipinski definition) is 2. The topological polar surface area (TPSA) is 26.3 Å². The van der Waals surface area contributed by atoms with Crippen molar-refractivity contribution in [2.75, 3.05) is 0 Å². The van der Waals surface area contributed by atoms with Crippen molar-refractivity contribution < 1.29 is 9.53 Å². The minimum absolute atomic E-state index is 0.0159. The third kappa shape index (κ3) is 3.44. The number of hydrogen-bond donors (Lipinski definition) is 0. The minimum Gasteiger partial charge on any atom is -0.488 e. The van der Waals surface area contributed by atoms with Gasteiger partial charge in [0.15, 0.2) is 5.78 Å². The molecule has 0 saturated carbocycles. The van der Waals surface area contributed by atoms with Crippen molar-refractivity contribution in [3.05, 3.63) is 63.6 Å². The first-order chi connectivity index (χ1) is 9.08. The summed E-state index contributed by atoms with van der Waals surface area (Å²) in [4.78, 5) is 11.6. The Hall–Kier alpha value is -1.61. The number of Topliss-reactive ketones (excluding diaryl/α,β-unsaturated/α-hetero) is 1. The maximum absolute atomic E-state index is 11.6. The van der Waals surface area contributed by atoms with Gasteiger partial charge in [0.05, 0.1) is 5.56 Å². The number of benzene rings is 2. The molecule has 98 valence electrons. The molecule has 0 radical (unpaired) electrons. The Balaban J connectivity index is 2.22. The van der Waals surface area contributed by atoms with Gasteiger partial charge in [0, 0.05) is 10.0 Å². The smallest absolute Gasteiger partial charge is 0.163 e. The van der Waals surface area contributed by atoms with Crippen molar-refractivity contribution in [3.63, 3.8) is 0 Å². The Bertz CT molecular complexity index is 605. The lowest BCUT2D eigenvalue weighted by Gasteiger charge is -2.11. The lowest BCUT2D eigenvalue weighted by Crippen LogP contribution is -2.02. The summed E-state index contributed by atoms with van der Waals surface area (Å²) in [6.07, 6.45) is 0. The molecule has 0 spiro atoms. The first-order valence-electron chi connectivity index (χ1n) is 6.05. The van der Waals surface area contributed by atoms with Crippen molar-refractivity contribution in [3.8, 4) is 5.75 Å². The molecule has 0 bridgehead atoms. The van der Waals surface area contributed by atoms with Crippen LogP contribution in [0.3, 0.4) is 0 Å². The van der Waals surface area contributed by atoms with Crippen molar-refractivity contribution in [1.29, 1.82) is 0 Å². The number of carbonyl (C=O) groups excluding carboxylic acids is 1. The van der Waals surface area contributed by atoms with Gasteiger partial charge in [-0.2, -0.15) is 0 Å². The maximum atomic E-state index is 11.6. The van der Waals surface area contributed by atoms with Crippen LogP contribution >= 0.6 is 15.9 Å². The summed E-state index contributed by atoms with van der Waals surface area (Å²) in [7, 11) is 0. The van der Waals surface area contributed by atoms with Crippen molar-refractivity contribution >= 4 is 21.7 Å². The van der Waals surface area contributed by atoms with E-state index in [4.69, 9.17) is 4.74 Å². The summed E-state index contributed by atoms with van der Waals surface area (Å²) in [5.41, 5.74) is 2.75. The van der Waals surface area contributed by atoms with E-state index in [1.807, 2.05) is 49.4 Å². The van der Waals surface area contributed by atoms with Crippen LogP contribution in [-0.2, 0) is 6.61 Å². The Kier molecular flexibility index (Phi) is 4.38. The monoisotopic (exact) mass is 318 g/mol. The van der Waals surface area contributed by atoms with E-state index in [0.717, 1.165) is 15.6 Å². The van der Waals surface area contributed by atoms with Crippen molar-refractivity contribution in [1.82, 2.24) is 0 Å². The molecule has 0 atom stereocenters. The van der Waals surface area contributed by atoms with Gasteiger partial charge in [-0.05, 0) is 37.6 Å². The van der Waals surface area contributed by atoms with Gasteiger partial charge in [-0.25, -0.2) is 0 Å². The van der Waals surface area contributed by atoms with E-state index < -0.39 is 0 Å². The van der Waals surface area contributed by atoms with Crippen molar-refractivity contribution in [2.24, 2.45) is 0 Å². The summed E-state index contributed by atoms with van der Waals surface area (Å²) in [5, 5.41) is 0. The Morgan fingerprint density at radius 1 is 1.21 bits per heavy atom. The molecule has 2 aromatic rings. The van der Waals surface area contributed by atoms with Crippen LogP contribution in [0.15, 0.2) is 46.9 Å². The molecule has 2 rings (SSSR count). The largest absolute Gasteiger partial charge is 0.488 e. The average molecular weight is 319 g/mol. The summed E-state index contributed by atoms with van der Waals surface area (Å²) < 4.78 is 6.80. The lowest BCUT2D eigenvalue weighted by molar-refractivity contribution is 0.101. The van der Waals surface area contributed by atoms with Crippen LogP contribution < -0.4 is 4.74 Å². The molecule has 19 heavy (non-hydrogen) atoms. The second-order valence-electron chi connectivity index (χ2n) is 4.44. The van der Waals surface area contributed by atoms with Gasteiger partial charge in [-0.15, -0.1) is 0 Å². The number of ether oxygens (including phenoxy) is 1. The number of aryl methyl sites for hydroxylation is 1. The number of ketones is 1. The number of halogens is 1. The van der Waals surface area contributed by atoms with Crippen LogP contribution in [0.1, 0.15) is 28.4 Å². The van der Waals surface area contributed by atoms with E-state index in [9.17, 15) is 4.79 Å². The highest BCUT2D eigenvalue weighted by Gasteiger charge is 2.09. The van der Waals surface area contributed by atoms with Crippen molar-refractivity contribution in [2.45, 2.75) is 20.5 Å². The maximum Gasteiger partial charge on any atom is 0.163 e. The van der Waals surface area contributed by atoms with Gasteiger partial charge in [0.1, 0.15) is 12.4 Å². The van der Waals surface area contributed by atoms with Crippen LogP contribution in [0, 0.1) is 6.92 Å². The minimum atomic E-state index is 0.0159. The summed E-state index contributed by atoms with van der Waals surface area (Å²) in [6.45, 7) is 3.97. The summed E-state index contributed by atoms with van der Waals surface area (Å²) in [5.74, 6) is 0.658. The average Bonchev–Trinajstić information content (AvgIpc) is 2.37. The fraction of sp³-hybridized carbons (Fsp3) is 0.188. The van der Waals surface area contributed by atoms with Crippen LogP contribution in [0.4, 0.5) is 0 Å². The predicted molar refractivity (Wildman–Crippen MR) is 79.7 cm³/mol. The van der Waals surface area contributed by atoms with Crippen LogP contribution in [0.5, 0.6) is 5.75 Å². The Labute approximate surface area is 121 Å². The van der Waals surface area contributed by atoms with Gasteiger partial charge < -0.3 is 4.74 Å². The summed E-state index contributed by atoms with van der Waals surface area (Å²) >= 11 is 3.48. The molecule has 0 aliphatic rings. The molecule has 0 saturated heterocycles. The first-order valence-corrected chi connectivity index (χ1v) is 6.85. The van der Waals surface area contributed by atoms with E-state index in [-0.39, 0.29) is 5.78 Å². The molecule has 2 aromatic carbocycles. The zero-order chi connectivity index (χ0) is 13.8. The zero-order valence-corrected chi connectivity index (χ0v) is 12.5. The fourth-order valence-electron chi connectivity index (χ4n) is 1.81. The molecule has 0 unspecified atom stereocenters. The Morgan fingerprint density at radius 3 is 2.63 bits per heavy atom.